The predicted molar refractivity (Wildman–Crippen MR) is 99.0 cm³/mol. The van der Waals surface area contributed by atoms with Gasteiger partial charge < -0.3 is 9.84 Å². The van der Waals surface area contributed by atoms with Crippen LogP contribution in [0.15, 0.2) is 36.4 Å². The molecule has 1 fully saturated rings. The summed E-state index contributed by atoms with van der Waals surface area (Å²) in [5.74, 6) is -1.91. The molecule has 0 bridgehead atoms. The monoisotopic (exact) mass is 376 g/mol. The summed E-state index contributed by atoms with van der Waals surface area (Å²) in [6.07, 6.45) is 7.21. The normalized spacial score (nSPS) is 20.2. The molecule has 0 radical (unpaired) electrons. The van der Waals surface area contributed by atoms with Gasteiger partial charge in [0.1, 0.15) is 5.82 Å². The van der Waals surface area contributed by atoms with Crippen LogP contribution in [0, 0.1) is 23.4 Å². The Morgan fingerprint density at radius 2 is 1.78 bits per heavy atom. The summed E-state index contributed by atoms with van der Waals surface area (Å²) in [5, 5.41) is 9.01. The number of hydrogen-bond donors (Lipinski definition) is 1. The first-order chi connectivity index (χ1) is 13.0. The van der Waals surface area contributed by atoms with Crippen molar-refractivity contribution in [1.82, 2.24) is 0 Å². The maximum absolute atomic E-state index is 14.3. The van der Waals surface area contributed by atoms with Crippen molar-refractivity contribution >= 4 is 6.08 Å². The van der Waals surface area contributed by atoms with E-state index in [9.17, 15) is 13.2 Å². The summed E-state index contributed by atoms with van der Waals surface area (Å²) in [4.78, 5) is 0. The molecule has 0 unspecified atom stereocenters. The fourth-order valence-electron chi connectivity index (χ4n) is 3.68. The highest BCUT2D eigenvalue weighted by Crippen LogP contribution is 2.39. The molecule has 5 heteroatoms. The van der Waals surface area contributed by atoms with Crippen molar-refractivity contribution in [3.05, 3.63) is 70.5 Å². The average molecular weight is 376 g/mol. The number of halogens is 3. The van der Waals surface area contributed by atoms with Crippen LogP contribution in [0.1, 0.15) is 48.3 Å². The fraction of sp³-hybridized carbons (Fsp3) is 0.364. The molecule has 1 aliphatic rings. The average Bonchev–Trinajstić information content (AvgIpc) is 2.69. The van der Waals surface area contributed by atoms with Crippen LogP contribution in [0.25, 0.3) is 6.08 Å². The van der Waals surface area contributed by atoms with Gasteiger partial charge in [-0.3, -0.25) is 0 Å². The molecule has 1 aliphatic carbocycles. The highest BCUT2D eigenvalue weighted by atomic mass is 19.2. The SMILES string of the molecule is COc1ccc(C2CCC(/C=C/c3ccc(CO)c(F)c3)CC2)c(F)c1F. The number of rotatable bonds is 5. The minimum Gasteiger partial charge on any atom is -0.494 e. The fourth-order valence-corrected chi connectivity index (χ4v) is 3.68. The van der Waals surface area contributed by atoms with Crippen LogP contribution in [-0.4, -0.2) is 12.2 Å². The summed E-state index contributed by atoms with van der Waals surface area (Å²) in [7, 11) is 1.32. The standard InChI is InChI=1S/C22H23F3O2/c1-27-20-11-10-18(21(24)22(20)25)16-7-4-14(5-8-16)2-3-15-6-9-17(13-26)19(23)12-15/h2-3,6,9-12,14,16,26H,4-5,7-8,13H2,1H3/b3-2+. The smallest absolute Gasteiger partial charge is 0.200 e. The van der Waals surface area contributed by atoms with E-state index in [1.54, 1.807) is 18.2 Å². The van der Waals surface area contributed by atoms with Crippen molar-refractivity contribution in [1.29, 1.82) is 0 Å². The van der Waals surface area contributed by atoms with Gasteiger partial charge in [-0.05, 0) is 60.8 Å². The van der Waals surface area contributed by atoms with Crippen LogP contribution in [0.5, 0.6) is 5.75 Å². The number of aliphatic hydroxyl groups excluding tert-OH is 1. The molecule has 144 valence electrons. The Labute approximate surface area is 157 Å². The van der Waals surface area contributed by atoms with E-state index in [0.717, 1.165) is 31.2 Å². The summed E-state index contributed by atoms with van der Waals surface area (Å²) in [5.41, 5.74) is 1.44. The van der Waals surface area contributed by atoms with E-state index in [2.05, 4.69) is 6.08 Å². The zero-order chi connectivity index (χ0) is 19.4. The minimum atomic E-state index is -0.926. The second-order valence-corrected chi connectivity index (χ2v) is 6.96. The Kier molecular flexibility index (Phi) is 6.22. The van der Waals surface area contributed by atoms with Crippen LogP contribution in [-0.2, 0) is 6.61 Å². The molecule has 3 rings (SSSR count). The molecule has 2 nitrogen and oxygen atoms in total. The van der Waals surface area contributed by atoms with Crippen molar-refractivity contribution in [2.24, 2.45) is 5.92 Å². The maximum atomic E-state index is 14.3. The van der Waals surface area contributed by atoms with E-state index < -0.39 is 17.5 Å². The van der Waals surface area contributed by atoms with Gasteiger partial charge in [-0.2, -0.15) is 4.39 Å². The van der Waals surface area contributed by atoms with E-state index in [1.165, 1.54) is 19.2 Å². The third-order valence-corrected chi connectivity index (χ3v) is 5.32. The van der Waals surface area contributed by atoms with Crippen LogP contribution < -0.4 is 4.74 Å². The van der Waals surface area contributed by atoms with Crippen LogP contribution in [0.2, 0.25) is 0 Å². The van der Waals surface area contributed by atoms with Gasteiger partial charge in [0.15, 0.2) is 11.6 Å². The molecule has 0 amide bonds. The van der Waals surface area contributed by atoms with Gasteiger partial charge in [0.25, 0.3) is 0 Å². The summed E-state index contributed by atoms with van der Waals surface area (Å²) < 4.78 is 46.7. The van der Waals surface area contributed by atoms with Crippen molar-refractivity contribution in [3.8, 4) is 5.75 Å². The van der Waals surface area contributed by atoms with E-state index in [0.29, 0.717) is 11.5 Å². The molecule has 0 saturated heterocycles. The Hall–Kier alpha value is -2.27. The molecule has 27 heavy (non-hydrogen) atoms. The number of benzene rings is 2. The lowest BCUT2D eigenvalue weighted by atomic mass is 9.78. The third-order valence-electron chi connectivity index (χ3n) is 5.32. The van der Waals surface area contributed by atoms with Gasteiger partial charge in [-0.25, -0.2) is 8.78 Å². The van der Waals surface area contributed by atoms with Crippen molar-refractivity contribution in [3.63, 3.8) is 0 Å². The van der Waals surface area contributed by atoms with E-state index in [-0.39, 0.29) is 23.8 Å². The van der Waals surface area contributed by atoms with Gasteiger partial charge >= 0.3 is 0 Å². The molecule has 2 aromatic carbocycles. The lowest BCUT2D eigenvalue weighted by Gasteiger charge is -2.27. The Bertz CT molecular complexity index is 825. The number of allylic oxidation sites excluding steroid dienone is 1. The molecular formula is C22H23F3O2. The molecule has 0 aliphatic heterocycles. The summed E-state index contributed by atoms with van der Waals surface area (Å²) >= 11 is 0. The summed E-state index contributed by atoms with van der Waals surface area (Å²) in [6, 6.07) is 7.84. The molecule has 0 spiro atoms. The maximum Gasteiger partial charge on any atom is 0.200 e. The van der Waals surface area contributed by atoms with Crippen molar-refractivity contribution in [2.45, 2.75) is 38.2 Å². The first-order valence-electron chi connectivity index (χ1n) is 9.12. The molecule has 0 atom stereocenters. The van der Waals surface area contributed by atoms with E-state index in [4.69, 9.17) is 9.84 Å². The Morgan fingerprint density at radius 1 is 1.04 bits per heavy atom. The Balaban J connectivity index is 1.62. The molecule has 0 heterocycles. The van der Waals surface area contributed by atoms with Gasteiger partial charge in [-0.15, -0.1) is 0 Å². The number of hydrogen-bond acceptors (Lipinski definition) is 2. The minimum absolute atomic E-state index is 0.00339. The molecule has 2 aromatic rings. The van der Waals surface area contributed by atoms with Gasteiger partial charge in [0, 0.05) is 5.56 Å². The zero-order valence-electron chi connectivity index (χ0n) is 15.2. The molecule has 1 N–H and O–H groups in total. The van der Waals surface area contributed by atoms with E-state index in [1.807, 2.05) is 6.08 Å². The van der Waals surface area contributed by atoms with E-state index >= 15 is 0 Å². The lowest BCUT2D eigenvalue weighted by Crippen LogP contribution is -2.13. The van der Waals surface area contributed by atoms with Gasteiger partial charge in [-0.1, -0.05) is 30.4 Å². The van der Waals surface area contributed by atoms with Crippen LogP contribution in [0.4, 0.5) is 13.2 Å². The van der Waals surface area contributed by atoms with Gasteiger partial charge in [0.2, 0.25) is 5.82 Å². The first-order valence-corrected chi connectivity index (χ1v) is 9.12. The van der Waals surface area contributed by atoms with Crippen molar-refractivity contribution < 1.29 is 23.0 Å². The second kappa shape index (κ2) is 8.61. The lowest BCUT2D eigenvalue weighted by molar-refractivity contribution is 0.275. The van der Waals surface area contributed by atoms with Gasteiger partial charge in [0.05, 0.1) is 13.7 Å². The Morgan fingerprint density at radius 3 is 2.41 bits per heavy atom. The third kappa shape index (κ3) is 4.35. The molecular weight excluding hydrogens is 353 g/mol. The second-order valence-electron chi connectivity index (χ2n) is 6.96. The number of methoxy groups -OCH3 is 1. The van der Waals surface area contributed by atoms with Crippen molar-refractivity contribution in [2.75, 3.05) is 7.11 Å². The summed E-state index contributed by atoms with van der Waals surface area (Å²) in [6.45, 7) is -0.317. The largest absolute Gasteiger partial charge is 0.494 e. The quantitative estimate of drug-likeness (QED) is 0.737. The highest BCUT2D eigenvalue weighted by Gasteiger charge is 2.25. The molecule has 1 saturated carbocycles. The van der Waals surface area contributed by atoms with Crippen LogP contribution >= 0.6 is 0 Å². The van der Waals surface area contributed by atoms with Crippen LogP contribution in [0.3, 0.4) is 0 Å². The number of ether oxygens (including phenoxy) is 1. The predicted octanol–water partition coefficient (Wildman–Crippen LogP) is 5.59. The topological polar surface area (TPSA) is 29.5 Å². The number of aliphatic hydroxyl groups is 1. The first kappa shape index (κ1) is 19.5. The molecule has 0 aromatic heterocycles. The highest BCUT2D eigenvalue weighted by molar-refractivity contribution is 5.50. The zero-order valence-corrected chi connectivity index (χ0v) is 15.2.